The van der Waals surface area contributed by atoms with Crippen LogP contribution < -0.4 is 0 Å². The molecule has 22 heavy (non-hydrogen) atoms. The van der Waals surface area contributed by atoms with Gasteiger partial charge < -0.3 is 10.2 Å². The van der Waals surface area contributed by atoms with Crippen LogP contribution in [0.3, 0.4) is 0 Å². The highest BCUT2D eigenvalue weighted by molar-refractivity contribution is 7.85. The molecule has 118 valence electrons. The first-order chi connectivity index (χ1) is 10.4. The zero-order valence-corrected chi connectivity index (χ0v) is 14.3. The maximum Gasteiger partial charge on any atom is 0.121 e. The van der Waals surface area contributed by atoms with E-state index in [0.29, 0.717) is 22.6 Å². The average molecular weight is 318 g/mol. The third-order valence-corrected chi connectivity index (χ3v) is 5.22. The van der Waals surface area contributed by atoms with E-state index in [9.17, 15) is 14.4 Å². The highest BCUT2D eigenvalue weighted by Crippen LogP contribution is 2.31. The van der Waals surface area contributed by atoms with Gasteiger partial charge in [0.1, 0.15) is 11.5 Å². The molecule has 0 saturated heterocycles. The normalized spacial score (nSPS) is 11.1. The van der Waals surface area contributed by atoms with Crippen molar-refractivity contribution in [2.24, 2.45) is 0 Å². The molecule has 0 unspecified atom stereocenters. The second kappa shape index (κ2) is 6.53. The molecule has 0 amide bonds. The number of hydrogen-bond acceptors (Lipinski definition) is 3. The predicted octanol–water partition coefficient (Wildman–Crippen LogP) is 4.01. The molecule has 0 aliphatic heterocycles. The monoisotopic (exact) mass is 318 g/mol. The lowest BCUT2D eigenvalue weighted by Gasteiger charge is -2.12. The van der Waals surface area contributed by atoms with Crippen molar-refractivity contribution in [3.05, 3.63) is 46.5 Å². The molecular weight excluding hydrogens is 296 g/mol. The van der Waals surface area contributed by atoms with Crippen LogP contribution in [-0.2, 0) is 23.6 Å². The molecule has 0 atom stereocenters. The first-order valence-corrected chi connectivity index (χ1v) is 8.60. The molecule has 2 aromatic carbocycles. The van der Waals surface area contributed by atoms with Crippen LogP contribution in [0.4, 0.5) is 0 Å². The molecule has 2 aromatic rings. The van der Waals surface area contributed by atoms with Gasteiger partial charge in [0, 0.05) is 9.79 Å². The van der Waals surface area contributed by atoms with Crippen LogP contribution in [-0.4, -0.2) is 14.4 Å². The predicted molar refractivity (Wildman–Crippen MR) is 89.1 cm³/mol. The summed E-state index contributed by atoms with van der Waals surface area (Å²) in [6.45, 7) is 7.55. The second-order valence-corrected chi connectivity index (χ2v) is 6.95. The Morgan fingerprint density at radius 2 is 1.18 bits per heavy atom. The summed E-state index contributed by atoms with van der Waals surface area (Å²) in [5.41, 5.74) is 3.06. The van der Waals surface area contributed by atoms with Gasteiger partial charge in [-0.05, 0) is 73.2 Å². The molecule has 0 heterocycles. The van der Waals surface area contributed by atoms with Crippen LogP contribution in [0, 0.1) is 13.8 Å². The van der Waals surface area contributed by atoms with Crippen molar-refractivity contribution in [2.75, 3.05) is 0 Å². The molecule has 0 radical (unpaired) electrons. The number of benzene rings is 2. The number of aryl methyl sites for hydroxylation is 4. The van der Waals surface area contributed by atoms with E-state index in [2.05, 4.69) is 0 Å². The third-order valence-electron chi connectivity index (χ3n) is 3.90. The van der Waals surface area contributed by atoms with Crippen molar-refractivity contribution < 1.29 is 14.4 Å². The topological polar surface area (TPSA) is 57.5 Å². The maximum atomic E-state index is 12.9. The van der Waals surface area contributed by atoms with Crippen molar-refractivity contribution in [3.8, 4) is 11.5 Å². The van der Waals surface area contributed by atoms with Gasteiger partial charge >= 0.3 is 0 Å². The first kappa shape index (κ1) is 16.6. The van der Waals surface area contributed by atoms with Crippen LogP contribution >= 0.6 is 0 Å². The van der Waals surface area contributed by atoms with Gasteiger partial charge in [0.05, 0.1) is 10.8 Å². The van der Waals surface area contributed by atoms with Crippen molar-refractivity contribution in [2.45, 2.75) is 50.3 Å². The van der Waals surface area contributed by atoms with Gasteiger partial charge in [-0.2, -0.15) is 0 Å². The van der Waals surface area contributed by atoms with Crippen LogP contribution in [0.2, 0.25) is 0 Å². The first-order valence-electron chi connectivity index (χ1n) is 7.45. The van der Waals surface area contributed by atoms with Crippen LogP contribution in [0.25, 0.3) is 0 Å². The minimum atomic E-state index is -1.33. The van der Waals surface area contributed by atoms with Gasteiger partial charge in [-0.15, -0.1) is 0 Å². The number of hydrogen-bond donors (Lipinski definition) is 2. The summed E-state index contributed by atoms with van der Waals surface area (Å²) in [5.74, 6) is 0.554. The summed E-state index contributed by atoms with van der Waals surface area (Å²) in [4.78, 5) is 1.36. The summed E-state index contributed by atoms with van der Waals surface area (Å²) in [6.07, 6.45) is 1.37. The van der Waals surface area contributed by atoms with Crippen molar-refractivity contribution in [3.63, 3.8) is 0 Å². The highest BCUT2D eigenvalue weighted by atomic mass is 32.2. The van der Waals surface area contributed by atoms with Gasteiger partial charge in [0.25, 0.3) is 0 Å². The Bertz CT molecular complexity index is 674. The van der Waals surface area contributed by atoms with E-state index in [1.807, 2.05) is 27.7 Å². The SMILES string of the molecule is CCc1cc(S(=O)c2cc(C)c(O)c(CC)c2)cc(C)c1O. The Labute approximate surface area is 134 Å². The minimum absolute atomic E-state index is 0.277. The lowest BCUT2D eigenvalue weighted by atomic mass is 10.1. The summed E-state index contributed by atoms with van der Waals surface area (Å²) in [5, 5.41) is 20.0. The molecule has 0 aromatic heterocycles. The van der Waals surface area contributed by atoms with Crippen LogP contribution in [0.1, 0.15) is 36.1 Å². The Morgan fingerprint density at radius 3 is 1.50 bits per heavy atom. The second-order valence-electron chi connectivity index (χ2n) is 5.47. The Morgan fingerprint density at radius 1 is 0.818 bits per heavy atom. The fraction of sp³-hybridized carbons (Fsp3) is 0.333. The molecule has 0 bridgehead atoms. The largest absolute Gasteiger partial charge is 0.507 e. The average Bonchev–Trinajstić information content (AvgIpc) is 2.51. The number of aromatic hydroxyl groups is 2. The zero-order chi connectivity index (χ0) is 16.4. The lowest BCUT2D eigenvalue weighted by Crippen LogP contribution is -1.98. The van der Waals surface area contributed by atoms with E-state index in [4.69, 9.17) is 0 Å². The highest BCUT2D eigenvalue weighted by Gasteiger charge is 2.15. The third kappa shape index (κ3) is 3.02. The summed E-state index contributed by atoms with van der Waals surface area (Å²) >= 11 is 0. The lowest BCUT2D eigenvalue weighted by molar-refractivity contribution is 0.463. The molecule has 0 spiro atoms. The summed E-state index contributed by atoms with van der Waals surface area (Å²) < 4.78 is 12.9. The molecule has 4 heteroatoms. The molecular formula is C18H22O3S. The molecule has 0 aliphatic carbocycles. The van der Waals surface area contributed by atoms with E-state index < -0.39 is 10.8 Å². The van der Waals surface area contributed by atoms with Gasteiger partial charge in [0.2, 0.25) is 0 Å². The smallest absolute Gasteiger partial charge is 0.121 e. The molecule has 0 aliphatic rings. The standard InChI is InChI=1S/C18H22O3S/c1-5-13-9-15(7-11(3)17(13)19)22(21)16-8-12(4)18(20)14(6-2)10-16/h7-10,19-20H,5-6H2,1-4H3. The minimum Gasteiger partial charge on any atom is -0.507 e. The fourth-order valence-electron chi connectivity index (χ4n) is 2.52. The molecule has 3 nitrogen and oxygen atoms in total. The zero-order valence-electron chi connectivity index (χ0n) is 13.4. The van der Waals surface area contributed by atoms with Gasteiger partial charge in [-0.3, -0.25) is 0 Å². The van der Waals surface area contributed by atoms with E-state index in [-0.39, 0.29) is 11.5 Å². The summed E-state index contributed by atoms with van der Waals surface area (Å²) in [6, 6.07) is 7.12. The van der Waals surface area contributed by atoms with E-state index in [0.717, 1.165) is 22.3 Å². The Balaban J connectivity index is 2.53. The van der Waals surface area contributed by atoms with Crippen LogP contribution in [0.5, 0.6) is 11.5 Å². The molecule has 0 fully saturated rings. The van der Waals surface area contributed by atoms with Gasteiger partial charge in [-0.1, -0.05) is 13.8 Å². The summed E-state index contributed by atoms with van der Waals surface area (Å²) in [7, 11) is -1.33. The van der Waals surface area contributed by atoms with Gasteiger partial charge in [-0.25, -0.2) is 4.21 Å². The van der Waals surface area contributed by atoms with Gasteiger partial charge in [0.15, 0.2) is 0 Å². The van der Waals surface area contributed by atoms with Crippen LogP contribution in [0.15, 0.2) is 34.1 Å². The number of phenolic OH excluding ortho intramolecular Hbond substituents is 2. The molecule has 2 N–H and O–H groups in total. The Hall–Kier alpha value is -1.81. The quantitative estimate of drug-likeness (QED) is 0.895. The molecule has 0 saturated carbocycles. The maximum absolute atomic E-state index is 12.9. The Kier molecular flexibility index (Phi) is 4.91. The van der Waals surface area contributed by atoms with E-state index in [1.54, 1.807) is 24.3 Å². The molecule has 2 rings (SSSR count). The van der Waals surface area contributed by atoms with E-state index >= 15 is 0 Å². The van der Waals surface area contributed by atoms with Crippen molar-refractivity contribution in [1.82, 2.24) is 0 Å². The number of rotatable bonds is 4. The van der Waals surface area contributed by atoms with Crippen molar-refractivity contribution >= 4 is 10.8 Å². The number of phenols is 2. The van der Waals surface area contributed by atoms with Crippen molar-refractivity contribution in [1.29, 1.82) is 0 Å². The van der Waals surface area contributed by atoms with E-state index in [1.165, 1.54) is 0 Å². The fourth-order valence-corrected chi connectivity index (χ4v) is 3.86.